The van der Waals surface area contributed by atoms with E-state index in [9.17, 15) is 0 Å². The standard InChI is InChI=1S/C16H28N4S/c1-2-10-17-13-7-6-8-14(12-13)21-16-19-18-15-9-4-3-5-11-20(15)16/h13-14,17H,2-12H2,1H3. The number of nitrogens with one attached hydrogen (secondary N) is 1. The average molecular weight is 308 g/mol. The molecule has 2 unspecified atom stereocenters. The first kappa shape index (κ1) is 15.3. The van der Waals surface area contributed by atoms with Gasteiger partial charge in [-0.1, -0.05) is 31.5 Å². The van der Waals surface area contributed by atoms with Gasteiger partial charge in [-0.15, -0.1) is 10.2 Å². The van der Waals surface area contributed by atoms with E-state index >= 15 is 0 Å². The van der Waals surface area contributed by atoms with Crippen LogP contribution < -0.4 is 5.32 Å². The van der Waals surface area contributed by atoms with Crippen LogP contribution in [0, 0.1) is 0 Å². The molecule has 0 amide bonds. The first-order valence-electron chi connectivity index (χ1n) is 8.69. The van der Waals surface area contributed by atoms with Crippen molar-refractivity contribution >= 4 is 11.8 Å². The van der Waals surface area contributed by atoms with Gasteiger partial charge >= 0.3 is 0 Å². The third-order valence-electron chi connectivity index (χ3n) is 4.66. The second-order valence-electron chi connectivity index (χ2n) is 6.42. The maximum absolute atomic E-state index is 4.48. The van der Waals surface area contributed by atoms with Crippen LogP contribution in [0.15, 0.2) is 5.16 Å². The van der Waals surface area contributed by atoms with E-state index in [1.54, 1.807) is 0 Å². The highest BCUT2D eigenvalue weighted by molar-refractivity contribution is 7.99. The van der Waals surface area contributed by atoms with Crippen LogP contribution >= 0.6 is 11.8 Å². The molecule has 2 heterocycles. The summed E-state index contributed by atoms with van der Waals surface area (Å²) in [5, 5.41) is 14.5. The van der Waals surface area contributed by atoms with Gasteiger partial charge in [-0.25, -0.2) is 0 Å². The van der Waals surface area contributed by atoms with Crippen LogP contribution in [0.3, 0.4) is 0 Å². The number of aryl methyl sites for hydroxylation is 1. The van der Waals surface area contributed by atoms with Gasteiger partial charge in [-0.05, 0) is 45.1 Å². The van der Waals surface area contributed by atoms with Gasteiger partial charge in [0.15, 0.2) is 5.16 Å². The highest BCUT2D eigenvalue weighted by atomic mass is 32.2. The zero-order valence-corrected chi connectivity index (χ0v) is 14.0. The van der Waals surface area contributed by atoms with Crippen molar-refractivity contribution in [2.75, 3.05) is 6.54 Å². The molecule has 2 atom stereocenters. The van der Waals surface area contributed by atoms with Gasteiger partial charge in [0.1, 0.15) is 5.82 Å². The Morgan fingerprint density at radius 3 is 3.05 bits per heavy atom. The smallest absolute Gasteiger partial charge is 0.191 e. The fourth-order valence-electron chi connectivity index (χ4n) is 3.48. The minimum Gasteiger partial charge on any atom is -0.314 e. The molecule has 1 N–H and O–H groups in total. The van der Waals surface area contributed by atoms with Crippen LogP contribution in [-0.4, -0.2) is 32.6 Å². The monoisotopic (exact) mass is 308 g/mol. The Balaban J connectivity index is 1.59. The number of hydrogen-bond donors (Lipinski definition) is 1. The second-order valence-corrected chi connectivity index (χ2v) is 7.69. The lowest BCUT2D eigenvalue weighted by Gasteiger charge is -2.29. The number of hydrogen-bond acceptors (Lipinski definition) is 4. The highest BCUT2D eigenvalue weighted by Crippen LogP contribution is 2.34. The average Bonchev–Trinajstić information content (AvgIpc) is 2.74. The van der Waals surface area contributed by atoms with Gasteiger partial charge < -0.3 is 9.88 Å². The van der Waals surface area contributed by atoms with Crippen LogP contribution in [0.5, 0.6) is 0 Å². The second kappa shape index (κ2) is 7.63. The molecule has 1 aliphatic carbocycles. The van der Waals surface area contributed by atoms with Crippen molar-refractivity contribution in [1.29, 1.82) is 0 Å². The maximum atomic E-state index is 4.48. The molecule has 0 radical (unpaired) electrons. The largest absolute Gasteiger partial charge is 0.314 e. The summed E-state index contributed by atoms with van der Waals surface area (Å²) >= 11 is 1.98. The molecule has 118 valence electrons. The van der Waals surface area contributed by atoms with Crippen molar-refractivity contribution in [3.8, 4) is 0 Å². The lowest BCUT2D eigenvalue weighted by molar-refractivity contribution is 0.381. The van der Waals surface area contributed by atoms with Crippen molar-refractivity contribution in [2.24, 2.45) is 0 Å². The summed E-state index contributed by atoms with van der Waals surface area (Å²) in [5.41, 5.74) is 0. The summed E-state index contributed by atoms with van der Waals surface area (Å²) < 4.78 is 2.39. The highest BCUT2D eigenvalue weighted by Gasteiger charge is 2.25. The molecule has 3 rings (SSSR count). The van der Waals surface area contributed by atoms with Gasteiger partial charge in [0, 0.05) is 24.3 Å². The molecule has 0 saturated heterocycles. The molecule has 1 aromatic heterocycles. The summed E-state index contributed by atoms with van der Waals surface area (Å²) in [5.74, 6) is 1.21. The van der Waals surface area contributed by atoms with Gasteiger partial charge in [-0.3, -0.25) is 0 Å². The van der Waals surface area contributed by atoms with E-state index in [0.29, 0.717) is 11.3 Å². The number of aromatic nitrogens is 3. The van der Waals surface area contributed by atoms with Gasteiger partial charge in [0.2, 0.25) is 0 Å². The van der Waals surface area contributed by atoms with E-state index in [4.69, 9.17) is 0 Å². The summed E-state index contributed by atoms with van der Waals surface area (Å²) in [4.78, 5) is 0. The normalized spacial score (nSPS) is 26.3. The van der Waals surface area contributed by atoms with E-state index in [2.05, 4.69) is 27.0 Å². The van der Waals surface area contributed by atoms with Crippen LogP contribution in [-0.2, 0) is 13.0 Å². The van der Waals surface area contributed by atoms with Gasteiger partial charge in [0.05, 0.1) is 0 Å². The summed E-state index contributed by atoms with van der Waals surface area (Å²) in [6.07, 6.45) is 11.5. The molecule has 1 fully saturated rings. The quantitative estimate of drug-likeness (QED) is 0.905. The minimum absolute atomic E-state index is 0.711. The number of thioether (sulfide) groups is 1. The SMILES string of the molecule is CCCNC1CCCC(Sc2nnc3n2CCCCC3)C1. The molecule has 0 bridgehead atoms. The van der Waals surface area contributed by atoms with Crippen LogP contribution in [0.4, 0.5) is 0 Å². The van der Waals surface area contributed by atoms with E-state index in [-0.39, 0.29) is 0 Å². The van der Waals surface area contributed by atoms with Crippen LogP contribution in [0.1, 0.15) is 64.1 Å². The molecule has 0 spiro atoms. The Labute approximate surface area is 132 Å². The molecule has 4 nitrogen and oxygen atoms in total. The molecule has 2 aliphatic rings. The molecule has 0 aromatic carbocycles. The number of nitrogens with zero attached hydrogens (tertiary/aromatic N) is 3. The van der Waals surface area contributed by atoms with Crippen LogP contribution in [0.2, 0.25) is 0 Å². The fraction of sp³-hybridized carbons (Fsp3) is 0.875. The predicted molar refractivity (Wildman–Crippen MR) is 87.8 cm³/mol. The molecule has 1 saturated carbocycles. The fourth-order valence-corrected chi connectivity index (χ4v) is 4.80. The first-order chi connectivity index (χ1) is 10.4. The summed E-state index contributed by atoms with van der Waals surface area (Å²) in [6.45, 7) is 4.52. The van der Waals surface area contributed by atoms with E-state index in [0.717, 1.165) is 19.5 Å². The number of rotatable bonds is 5. The van der Waals surface area contributed by atoms with Crippen molar-refractivity contribution in [3.63, 3.8) is 0 Å². The third-order valence-corrected chi connectivity index (χ3v) is 5.93. The molecule has 1 aromatic rings. The van der Waals surface area contributed by atoms with E-state index < -0.39 is 0 Å². The van der Waals surface area contributed by atoms with Crippen molar-refractivity contribution in [3.05, 3.63) is 5.82 Å². The third kappa shape index (κ3) is 4.01. The topological polar surface area (TPSA) is 42.7 Å². The first-order valence-corrected chi connectivity index (χ1v) is 9.57. The Morgan fingerprint density at radius 2 is 2.14 bits per heavy atom. The zero-order valence-electron chi connectivity index (χ0n) is 13.2. The minimum atomic E-state index is 0.711. The Kier molecular flexibility index (Phi) is 5.58. The van der Waals surface area contributed by atoms with E-state index in [1.807, 2.05) is 11.8 Å². The Bertz CT molecular complexity index is 445. The van der Waals surface area contributed by atoms with Crippen molar-refractivity contribution in [2.45, 2.75) is 87.7 Å². The summed E-state index contributed by atoms with van der Waals surface area (Å²) in [7, 11) is 0. The van der Waals surface area contributed by atoms with Gasteiger partial charge in [0.25, 0.3) is 0 Å². The van der Waals surface area contributed by atoms with Crippen LogP contribution in [0.25, 0.3) is 0 Å². The zero-order chi connectivity index (χ0) is 14.5. The van der Waals surface area contributed by atoms with Gasteiger partial charge in [-0.2, -0.15) is 0 Å². The molecule has 21 heavy (non-hydrogen) atoms. The molecule has 1 aliphatic heterocycles. The van der Waals surface area contributed by atoms with Crippen molar-refractivity contribution < 1.29 is 0 Å². The molecular weight excluding hydrogens is 280 g/mol. The Hall–Kier alpha value is -0.550. The van der Waals surface area contributed by atoms with Crippen molar-refractivity contribution in [1.82, 2.24) is 20.1 Å². The maximum Gasteiger partial charge on any atom is 0.191 e. The molecular formula is C16H28N4S. The Morgan fingerprint density at radius 1 is 1.19 bits per heavy atom. The number of fused-ring (bicyclic) bond motifs is 1. The molecule has 5 heteroatoms. The predicted octanol–water partition coefficient (Wildman–Crippen LogP) is 3.41. The summed E-state index contributed by atoms with van der Waals surface area (Å²) in [6, 6.07) is 0.711. The lowest BCUT2D eigenvalue weighted by atomic mass is 9.95. The van der Waals surface area contributed by atoms with E-state index in [1.165, 1.54) is 62.3 Å². The lowest BCUT2D eigenvalue weighted by Crippen LogP contribution is -2.35.